The number of rotatable bonds is 4. The van der Waals surface area contributed by atoms with Gasteiger partial charge in [-0.15, -0.1) is 0 Å². The van der Waals surface area contributed by atoms with Gasteiger partial charge in [0, 0.05) is 13.1 Å². The van der Waals surface area contributed by atoms with E-state index in [1.54, 1.807) is 4.90 Å². The summed E-state index contributed by atoms with van der Waals surface area (Å²) in [6.45, 7) is 2.52. The van der Waals surface area contributed by atoms with Crippen LogP contribution in [0.15, 0.2) is 24.3 Å². The lowest BCUT2D eigenvalue weighted by molar-refractivity contribution is 0.159. The van der Waals surface area contributed by atoms with Crippen LogP contribution in [0, 0.1) is 0 Å². The molecular formula is C12H16N2O2. The van der Waals surface area contributed by atoms with Crippen molar-refractivity contribution in [3.63, 3.8) is 0 Å². The molecule has 2 N–H and O–H groups in total. The summed E-state index contributed by atoms with van der Waals surface area (Å²) < 4.78 is 4.86. The SMILES string of the molecule is NCc1ccc(CCN2CCOC2=O)cc1. The fraction of sp³-hybridized carbons (Fsp3) is 0.417. The van der Waals surface area contributed by atoms with Crippen LogP contribution in [0.1, 0.15) is 11.1 Å². The van der Waals surface area contributed by atoms with Crippen molar-refractivity contribution in [3.8, 4) is 0 Å². The van der Waals surface area contributed by atoms with Gasteiger partial charge in [0.2, 0.25) is 0 Å². The molecule has 0 radical (unpaired) electrons. The third-order valence-electron chi connectivity index (χ3n) is 2.77. The molecule has 0 aliphatic carbocycles. The molecule has 2 rings (SSSR count). The number of carbonyl (C=O) groups excluding carboxylic acids is 1. The predicted molar refractivity (Wildman–Crippen MR) is 61.0 cm³/mol. The first kappa shape index (κ1) is 11.0. The van der Waals surface area contributed by atoms with E-state index in [0.29, 0.717) is 19.7 Å². The van der Waals surface area contributed by atoms with E-state index in [1.807, 2.05) is 12.1 Å². The maximum atomic E-state index is 11.2. The molecule has 1 aliphatic rings. The normalized spacial score (nSPS) is 15.3. The molecule has 1 saturated heterocycles. The fourth-order valence-corrected chi connectivity index (χ4v) is 1.73. The van der Waals surface area contributed by atoms with E-state index in [9.17, 15) is 4.79 Å². The van der Waals surface area contributed by atoms with Gasteiger partial charge in [0.05, 0.1) is 6.54 Å². The second kappa shape index (κ2) is 4.99. The van der Waals surface area contributed by atoms with Crippen molar-refractivity contribution in [2.24, 2.45) is 5.73 Å². The largest absolute Gasteiger partial charge is 0.448 e. The summed E-state index contributed by atoms with van der Waals surface area (Å²) in [4.78, 5) is 12.9. The highest BCUT2D eigenvalue weighted by molar-refractivity contribution is 5.69. The van der Waals surface area contributed by atoms with Crippen molar-refractivity contribution >= 4 is 6.09 Å². The minimum atomic E-state index is -0.196. The highest BCUT2D eigenvalue weighted by Crippen LogP contribution is 2.08. The first-order valence-electron chi connectivity index (χ1n) is 5.49. The molecule has 1 aliphatic heterocycles. The van der Waals surface area contributed by atoms with Gasteiger partial charge in [0.1, 0.15) is 6.61 Å². The average Bonchev–Trinajstić information content (AvgIpc) is 2.73. The maximum absolute atomic E-state index is 11.2. The number of amides is 1. The maximum Gasteiger partial charge on any atom is 0.409 e. The van der Waals surface area contributed by atoms with Crippen LogP contribution in [0.4, 0.5) is 4.79 Å². The smallest absolute Gasteiger partial charge is 0.409 e. The zero-order valence-electron chi connectivity index (χ0n) is 9.19. The van der Waals surface area contributed by atoms with E-state index in [4.69, 9.17) is 10.5 Å². The van der Waals surface area contributed by atoms with E-state index in [2.05, 4.69) is 12.1 Å². The molecule has 1 fully saturated rings. The molecule has 1 amide bonds. The van der Waals surface area contributed by atoms with Crippen molar-refractivity contribution < 1.29 is 9.53 Å². The third kappa shape index (κ3) is 2.52. The van der Waals surface area contributed by atoms with Gasteiger partial charge < -0.3 is 15.4 Å². The average molecular weight is 220 g/mol. The van der Waals surface area contributed by atoms with Crippen LogP contribution in [-0.4, -0.2) is 30.7 Å². The molecule has 0 bridgehead atoms. The van der Waals surface area contributed by atoms with Crippen LogP contribution >= 0.6 is 0 Å². The Morgan fingerprint density at radius 3 is 2.50 bits per heavy atom. The van der Waals surface area contributed by atoms with Gasteiger partial charge in [0.25, 0.3) is 0 Å². The summed E-state index contributed by atoms with van der Waals surface area (Å²) in [6, 6.07) is 8.17. The molecule has 16 heavy (non-hydrogen) atoms. The monoisotopic (exact) mass is 220 g/mol. The topological polar surface area (TPSA) is 55.6 Å². The van der Waals surface area contributed by atoms with Gasteiger partial charge in [-0.25, -0.2) is 4.79 Å². The van der Waals surface area contributed by atoms with Gasteiger partial charge in [-0.05, 0) is 17.5 Å². The summed E-state index contributed by atoms with van der Waals surface area (Å²) in [7, 11) is 0. The van der Waals surface area contributed by atoms with E-state index >= 15 is 0 Å². The number of cyclic esters (lactones) is 1. The number of hydrogen-bond donors (Lipinski definition) is 1. The molecular weight excluding hydrogens is 204 g/mol. The molecule has 0 aromatic heterocycles. The zero-order chi connectivity index (χ0) is 11.4. The number of hydrogen-bond acceptors (Lipinski definition) is 3. The van der Waals surface area contributed by atoms with Crippen LogP contribution in [0.5, 0.6) is 0 Å². The lowest BCUT2D eigenvalue weighted by Gasteiger charge is -2.12. The highest BCUT2D eigenvalue weighted by atomic mass is 16.6. The Labute approximate surface area is 95.0 Å². The first-order valence-corrected chi connectivity index (χ1v) is 5.49. The molecule has 4 nitrogen and oxygen atoms in total. The van der Waals surface area contributed by atoms with Gasteiger partial charge in [0.15, 0.2) is 0 Å². The fourth-order valence-electron chi connectivity index (χ4n) is 1.73. The van der Waals surface area contributed by atoms with Gasteiger partial charge >= 0.3 is 6.09 Å². The summed E-state index contributed by atoms with van der Waals surface area (Å²) in [5, 5.41) is 0. The Kier molecular flexibility index (Phi) is 3.41. The van der Waals surface area contributed by atoms with Crippen LogP contribution in [0.2, 0.25) is 0 Å². The Bertz CT molecular complexity index is 362. The minimum absolute atomic E-state index is 0.196. The Hall–Kier alpha value is -1.55. The molecule has 1 aromatic carbocycles. The summed E-state index contributed by atoms with van der Waals surface area (Å²) >= 11 is 0. The molecule has 86 valence electrons. The Morgan fingerprint density at radius 2 is 1.94 bits per heavy atom. The lowest BCUT2D eigenvalue weighted by atomic mass is 10.1. The standard InChI is InChI=1S/C12H16N2O2/c13-9-11-3-1-10(2-4-11)5-6-14-7-8-16-12(14)15/h1-4H,5-9,13H2. The van der Waals surface area contributed by atoms with Crippen LogP contribution < -0.4 is 5.73 Å². The molecule has 0 unspecified atom stereocenters. The Balaban J connectivity index is 1.86. The number of carbonyl (C=O) groups is 1. The van der Waals surface area contributed by atoms with Crippen LogP contribution in [-0.2, 0) is 17.7 Å². The van der Waals surface area contributed by atoms with E-state index in [-0.39, 0.29) is 6.09 Å². The second-order valence-electron chi connectivity index (χ2n) is 3.87. The molecule has 1 aromatic rings. The third-order valence-corrected chi connectivity index (χ3v) is 2.77. The minimum Gasteiger partial charge on any atom is -0.448 e. The van der Waals surface area contributed by atoms with Gasteiger partial charge in [-0.3, -0.25) is 0 Å². The molecule has 4 heteroatoms. The molecule has 0 spiro atoms. The number of ether oxygens (including phenoxy) is 1. The van der Waals surface area contributed by atoms with Crippen molar-refractivity contribution in [1.29, 1.82) is 0 Å². The van der Waals surface area contributed by atoms with Crippen molar-refractivity contribution in [2.45, 2.75) is 13.0 Å². The van der Waals surface area contributed by atoms with Gasteiger partial charge in [-0.1, -0.05) is 24.3 Å². The number of benzene rings is 1. The molecule has 0 saturated carbocycles. The zero-order valence-corrected chi connectivity index (χ0v) is 9.19. The van der Waals surface area contributed by atoms with E-state index in [0.717, 1.165) is 18.5 Å². The summed E-state index contributed by atoms with van der Waals surface area (Å²) in [6.07, 6.45) is 0.665. The van der Waals surface area contributed by atoms with Crippen molar-refractivity contribution in [1.82, 2.24) is 4.90 Å². The van der Waals surface area contributed by atoms with Crippen molar-refractivity contribution in [3.05, 3.63) is 35.4 Å². The predicted octanol–water partition coefficient (Wildman–Crippen LogP) is 1.14. The summed E-state index contributed by atoms with van der Waals surface area (Å²) in [5.41, 5.74) is 7.87. The van der Waals surface area contributed by atoms with E-state index in [1.165, 1.54) is 5.56 Å². The highest BCUT2D eigenvalue weighted by Gasteiger charge is 2.20. The molecule has 1 heterocycles. The summed E-state index contributed by atoms with van der Waals surface area (Å²) in [5.74, 6) is 0. The van der Waals surface area contributed by atoms with Gasteiger partial charge in [-0.2, -0.15) is 0 Å². The van der Waals surface area contributed by atoms with Crippen LogP contribution in [0.3, 0.4) is 0 Å². The van der Waals surface area contributed by atoms with E-state index < -0.39 is 0 Å². The lowest BCUT2D eigenvalue weighted by Crippen LogP contribution is -2.26. The quantitative estimate of drug-likeness (QED) is 0.827. The number of nitrogens with zero attached hydrogens (tertiary/aromatic N) is 1. The Morgan fingerprint density at radius 1 is 1.25 bits per heavy atom. The second-order valence-corrected chi connectivity index (χ2v) is 3.87. The van der Waals surface area contributed by atoms with Crippen molar-refractivity contribution in [2.75, 3.05) is 19.7 Å². The molecule has 0 atom stereocenters. The van der Waals surface area contributed by atoms with Crippen LogP contribution in [0.25, 0.3) is 0 Å². The number of nitrogens with two attached hydrogens (primary N) is 1. The first-order chi connectivity index (χ1) is 7.79.